The van der Waals surface area contributed by atoms with E-state index in [1.807, 2.05) is 36.4 Å². The summed E-state index contributed by atoms with van der Waals surface area (Å²) in [5, 5.41) is 4.94. The molecule has 0 spiro atoms. The van der Waals surface area contributed by atoms with Crippen LogP contribution in [0.4, 0.5) is 5.69 Å². The van der Waals surface area contributed by atoms with Crippen molar-refractivity contribution in [2.75, 3.05) is 11.9 Å². The first-order valence-corrected chi connectivity index (χ1v) is 4.03. The van der Waals surface area contributed by atoms with E-state index in [1.165, 1.54) is 0 Å². The Hall–Kier alpha value is -0.890. The van der Waals surface area contributed by atoms with Crippen LogP contribution in [0.25, 0.3) is 0 Å². The van der Waals surface area contributed by atoms with Crippen molar-refractivity contribution in [2.45, 2.75) is 0 Å². The van der Waals surface area contributed by atoms with Crippen LogP contribution in [0, 0.1) is 0 Å². The zero-order valence-corrected chi connectivity index (χ0v) is 7.09. The minimum Gasteiger partial charge on any atom is -0.382 e. The summed E-state index contributed by atoms with van der Waals surface area (Å²) in [6.45, 7) is 0.827. The molecule has 58 valence electrons. The molecule has 11 heavy (non-hydrogen) atoms. The van der Waals surface area contributed by atoms with Crippen molar-refractivity contribution >= 4 is 18.3 Å². The standard InChI is InChI=1S/C9H11NS/c11-8-4-7-10-9-5-2-1-3-6-9/h1-6,8,10-11H,7H2. The zero-order valence-electron chi connectivity index (χ0n) is 6.20. The van der Waals surface area contributed by atoms with Crippen LogP contribution in [0.2, 0.25) is 0 Å². The molecule has 0 radical (unpaired) electrons. The summed E-state index contributed by atoms with van der Waals surface area (Å²) < 4.78 is 0. The molecule has 2 heteroatoms. The van der Waals surface area contributed by atoms with Gasteiger partial charge in [0.05, 0.1) is 0 Å². The van der Waals surface area contributed by atoms with Gasteiger partial charge in [0.15, 0.2) is 0 Å². The van der Waals surface area contributed by atoms with Gasteiger partial charge in [-0.1, -0.05) is 24.3 Å². The van der Waals surface area contributed by atoms with Crippen LogP contribution < -0.4 is 5.32 Å². The van der Waals surface area contributed by atoms with E-state index in [0.717, 1.165) is 12.2 Å². The van der Waals surface area contributed by atoms with Crippen LogP contribution in [0.5, 0.6) is 0 Å². The third-order valence-corrected chi connectivity index (χ3v) is 1.51. The van der Waals surface area contributed by atoms with E-state index in [1.54, 1.807) is 5.41 Å². The molecule has 0 aliphatic heterocycles. The summed E-state index contributed by atoms with van der Waals surface area (Å²) in [7, 11) is 0. The Bertz CT molecular complexity index is 218. The molecule has 0 saturated carbocycles. The van der Waals surface area contributed by atoms with Crippen molar-refractivity contribution in [2.24, 2.45) is 0 Å². The number of thiol groups is 1. The number of hydrogen-bond acceptors (Lipinski definition) is 2. The maximum absolute atomic E-state index is 3.95. The monoisotopic (exact) mass is 165 g/mol. The lowest BCUT2D eigenvalue weighted by Crippen LogP contribution is -1.96. The highest BCUT2D eigenvalue weighted by atomic mass is 32.1. The topological polar surface area (TPSA) is 12.0 Å². The predicted octanol–water partition coefficient (Wildman–Crippen LogP) is 2.54. The maximum Gasteiger partial charge on any atom is 0.0342 e. The van der Waals surface area contributed by atoms with Crippen molar-refractivity contribution < 1.29 is 0 Å². The molecule has 0 heterocycles. The molecule has 0 bridgehead atoms. The first kappa shape index (κ1) is 8.21. The van der Waals surface area contributed by atoms with Crippen LogP contribution in [-0.4, -0.2) is 6.54 Å². The molecular weight excluding hydrogens is 154 g/mol. The summed E-state index contributed by atoms with van der Waals surface area (Å²) in [6, 6.07) is 10.1. The molecule has 0 aromatic heterocycles. The first-order chi connectivity index (χ1) is 5.43. The van der Waals surface area contributed by atoms with Gasteiger partial charge in [-0.15, -0.1) is 0 Å². The second-order valence-electron chi connectivity index (χ2n) is 2.13. The van der Waals surface area contributed by atoms with Crippen molar-refractivity contribution in [3.05, 3.63) is 41.8 Å². The van der Waals surface area contributed by atoms with Crippen molar-refractivity contribution in [3.63, 3.8) is 0 Å². The molecule has 1 N–H and O–H groups in total. The molecule has 0 amide bonds. The number of anilines is 1. The Balaban J connectivity index is 2.39. The lowest BCUT2D eigenvalue weighted by Gasteiger charge is -2.00. The summed E-state index contributed by atoms with van der Waals surface area (Å²) in [5.74, 6) is 0. The van der Waals surface area contributed by atoms with E-state index in [-0.39, 0.29) is 0 Å². The maximum atomic E-state index is 3.95. The van der Waals surface area contributed by atoms with Crippen LogP contribution in [-0.2, 0) is 0 Å². The minimum atomic E-state index is 0.827. The quantitative estimate of drug-likeness (QED) is 0.656. The summed E-state index contributed by atoms with van der Waals surface area (Å²) >= 11 is 3.95. The van der Waals surface area contributed by atoms with Gasteiger partial charge in [0, 0.05) is 12.2 Å². The zero-order chi connectivity index (χ0) is 7.94. The summed E-state index contributed by atoms with van der Waals surface area (Å²) in [5.41, 5.74) is 1.14. The highest BCUT2D eigenvalue weighted by Crippen LogP contribution is 2.03. The van der Waals surface area contributed by atoms with Gasteiger partial charge in [0.2, 0.25) is 0 Å². The largest absolute Gasteiger partial charge is 0.382 e. The van der Waals surface area contributed by atoms with Crippen molar-refractivity contribution in [3.8, 4) is 0 Å². The smallest absolute Gasteiger partial charge is 0.0342 e. The highest BCUT2D eigenvalue weighted by molar-refractivity contribution is 7.83. The van der Waals surface area contributed by atoms with Gasteiger partial charge in [-0.2, -0.15) is 12.6 Å². The summed E-state index contributed by atoms with van der Waals surface area (Å²) in [4.78, 5) is 0. The predicted molar refractivity (Wildman–Crippen MR) is 53.1 cm³/mol. The molecule has 0 atom stereocenters. The molecule has 1 nitrogen and oxygen atoms in total. The van der Waals surface area contributed by atoms with E-state index in [4.69, 9.17) is 0 Å². The third-order valence-electron chi connectivity index (χ3n) is 1.30. The van der Waals surface area contributed by atoms with Crippen LogP contribution in [0.3, 0.4) is 0 Å². The molecule has 0 fully saturated rings. The summed E-state index contributed by atoms with van der Waals surface area (Å²) in [6.07, 6.45) is 1.95. The minimum absolute atomic E-state index is 0.827. The number of hydrogen-bond donors (Lipinski definition) is 2. The molecule has 1 aromatic rings. The van der Waals surface area contributed by atoms with E-state index in [0.29, 0.717) is 0 Å². The third kappa shape index (κ3) is 3.14. The lowest BCUT2D eigenvalue weighted by atomic mass is 10.3. The fraction of sp³-hybridized carbons (Fsp3) is 0.111. The Kier molecular flexibility index (Phi) is 3.62. The van der Waals surface area contributed by atoms with Crippen LogP contribution in [0.15, 0.2) is 41.8 Å². The second-order valence-corrected chi connectivity index (χ2v) is 2.43. The Labute approximate surface area is 72.5 Å². The Morgan fingerprint density at radius 1 is 1.27 bits per heavy atom. The number of benzene rings is 1. The van der Waals surface area contributed by atoms with Crippen LogP contribution in [0.1, 0.15) is 0 Å². The molecule has 1 rings (SSSR count). The van der Waals surface area contributed by atoms with Crippen molar-refractivity contribution in [1.29, 1.82) is 0 Å². The van der Waals surface area contributed by atoms with Crippen molar-refractivity contribution in [1.82, 2.24) is 0 Å². The van der Waals surface area contributed by atoms with Gasteiger partial charge in [-0.25, -0.2) is 0 Å². The van der Waals surface area contributed by atoms with Crippen LogP contribution >= 0.6 is 12.6 Å². The normalized spacial score (nSPS) is 10.3. The average Bonchev–Trinajstić information content (AvgIpc) is 2.07. The molecule has 0 aliphatic carbocycles. The molecule has 0 aliphatic rings. The lowest BCUT2D eigenvalue weighted by molar-refractivity contribution is 1.34. The number of nitrogens with one attached hydrogen (secondary N) is 1. The van der Waals surface area contributed by atoms with Gasteiger partial charge < -0.3 is 5.32 Å². The first-order valence-electron chi connectivity index (χ1n) is 3.51. The van der Waals surface area contributed by atoms with E-state index < -0.39 is 0 Å². The molecule has 0 saturated heterocycles. The number of rotatable bonds is 3. The molecule has 0 unspecified atom stereocenters. The molecular formula is C9H11NS. The molecule has 1 aromatic carbocycles. The van der Waals surface area contributed by atoms with E-state index in [9.17, 15) is 0 Å². The van der Waals surface area contributed by atoms with E-state index >= 15 is 0 Å². The Morgan fingerprint density at radius 3 is 2.64 bits per heavy atom. The fourth-order valence-corrected chi connectivity index (χ4v) is 0.891. The number of para-hydroxylation sites is 1. The van der Waals surface area contributed by atoms with Gasteiger partial charge in [0.1, 0.15) is 0 Å². The van der Waals surface area contributed by atoms with E-state index in [2.05, 4.69) is 17.9 Å². The van der Waals surface area contributed by atoms with Gasteiger partial charge >= 0.3 is 0 Å². The fourth-order valence-electron chi connectivity index (χ4n) is 0.785. The van der Waals surface area contributed by atoms with Gasteiger partial charge in [-0.05, 0) is 17.5 Å². The SMILES string of the molecule is SC=CCNc1ccccc1. The Morgan fingerprint density at radius 2 is 2.00 bits per heavy atom. The average molecular weight is 165 g/mol. The highest BCUT2D eigenvalue weighted by Gasteiger charge is 1.83. The van der Waals surface area contributed by atoms with Gasteiger partial charge in [-0.3, -0.25) is 0 Å². The van der Waals surface area contributed by atoms with Gasteiger partial charge in [0.25, 0.3) is 0 Å². The second kappa shape index (κ2) is 4.85.